The summed E-state index contributed by atoms with van der Waals surface area (Å²) in [7, 11) is 2.11. The van der Waals surface area contributed by atoms with E-state index in [1.54, 1.807) is 0 Å². The Hall–Kier alpha value is -0.610. The quantitative estimate of drug-likeness (QED) is 0.724. The molecular weight excluding hydrogens is 202 g/mol. The first kappa shape index (κ1) is 11.9. The van der Waals surface area contributed by atoms with Crippen LogP contribution < -0.4 is 11.1 Å². The predicted molar refractivity (Wildman–Crippen MR) is 64.0 cm³/mol. The highest BCUT2D eigenvalue weighted by molar-refractivity contribution is 5.84. The number of hydrogen-bond acceptors (Lipinski definition) is 3. The molecule has 92 valence electrons. The number of carbonyl (C=O) groups is 1. The fourth-order valence-corrected chi connectivity index (χ4v) is 2.48. The number of hydrogen-bond donors (Lipinski definition) is 2. The van der Waals surface area contributed by atoms with Crippen LogP contribution in [-0.4, -0.2) is 42.5 Å². The average molecular weight is 225 g/mol. The van der Waals surface area contributed by atoms with E-state index in [9.17, 15) is 4.79 Å². The molecule has 1 aliphatic carbocycles. The van der Waals surface area contributed by atoms with Gasteiger partial charge in [0.2, 0.25) is 5.91 Å². The Morgan fingerprint density at radius 1 is 1.56 bits per heavy atom. The second kappa shape index (κ2) is 4.34. The lowest BCUT2D eigenvalue weighted by Crippen LogP contribution is -2.62. The van der Waals surface area contributed by atoms with Gasteiger partial charge in [0.1, 0.15) is 5.54 Å². The maximum atomic E-state index is 11.7. The topological polar surface area (TPSA) is 58.4 Å². The zero-order valence-electron chi connectivity index (χ0n) is 10.3. The van der Waals surface area contributed by atoms with Crippen molar-refractivity contribution in [3.05, 3.63) is 0 Å². The molecule has 1 heterocycles. The molecule has 2 rings (SSSR count). The Bertz CT molecular complexity index is 277. The summed E-state index contributed by atoms with van der Waals surface area (Å²) >= 11 is 0. The maximum Gasteiger partial charge on any atom is 0.237 e. The lowest BCUT2D eigenvalue weighted by Gasteiger charge is -2.43. The van der Waals surface area contributed by atoms with E-state index in [1.165, 1.54) is 12.8 Å². The van der Waals surface area contributed by atoms with Crippen LogP contribution in [0.5, 0.6) is 0 Å². The molecule has 1 aliphatic heterocycles. The lowest BCUT2D eigenvalue weighted by molar-refractivity contribution is -0.127. The minimum Gasteiger partial charge on any atom is -0.368 e. The molecule has 0 radical (unpaired) electrons. The van der Waals surface area contributed by atoms with Crippen LogP contribution in [0.3, 0.4) is 0 Å². The van der Waals surface area contributed by atoms with Crippen molar-refractivity contribution in [2.45, 2.75) is 44.2 Å². The first-order chi connectivity index (χ1) is 7.53. The molecule has 4 nitrogen and oxygen atoms in total. The molecule has 2 atom stereocenters. The molecule has 2 fully saturated rings. The van der Waals surface area contributed by atoms with Crippen LogP contribution in [0.25, 0.3) is 0 Å². The van der Waals surface area contributed by atoms with Crippen molar-refractivity contribution in [2.24, 2.45) is 11.7 Å². The third-order valence-corrected chi connectivity index (χ3v) is 4.19. The smallest absolute Gasteiger partial charge is 0.237 e. The second-order valence-electron chi connectivity index (χ2n) is 5.55. The van der Waals surface area contributed by atoms with Gasteiger partial charge in [-0.1, -0.05) is 0 Å². The number of nitrogens with one attached hydrogen (secondary N) is 1. The minimum atomic E-state index is -0.450. The highest BCUT2D eigenvalue weighted by Gasteiger charge is 2.42. The van der Waals surface area contributed by atoms with Gasteiger partial charge in [0.15, 0.2) is 0 Å². The number of amides is 1. The molecule has 2 aliphatic rings. The molecule has 1 saturated heterocycles. The molecule has 0 aromatic heterocycles. The summed E-state index contributed by atoms with van der Waals surface area (Å²) in [5.74, 6) is 0.610. The molecule has 0 aromatic rings. The highest BCUT2D eigenvalue weighted by atomic mass is 16.1. The van der Waals surface area contributed by atoms with Gasteiger partial charge in [0.05, 0.1) is 0 Å². The third-order valence-electron chi connectivity index (χ3n) is 4.19. The summed E-state index contributed by atoms with van der Waals surface area (Å²) in [4.78, 5) is 14.0. The van der Waals surface area contributed by atoms with Crippen molar-refractivity contribution in [2.75, 3.05) is 20.1 Å². The van der Waals surface area contributed by atoms with Crippen molar-refractivity contribution in [1.82, 2.24) is 10.2 Å². The van der Waals surface area contributed by atoms with E-state index in [4.69, 9.17) is 5.73 Å². The number of piperidine rings is 1. The second-order valence-corrected chi connectivity index (χ2v) is 5.55. The molecule has 0 spiro atoms. The Morgan fingerprint density at radius 3 is 2.75 bits per heavy atom. The average Bonchev–Trinajstić information content (AvgIpc) is 3.03. The predicted octanol–water partition coefficient (Wildman–Crippen LogP) is 0.324. The molecule has 16 heavy (non-hydrogen) atoms. The first-order valence-corrected chi connectivity index (χ1v) is 6.29. The van der Waals surface area contributed by atoms with Gasteiger partial charge in [0.25, 0.3) is 0 Å². The number of rotatable bonds is 4. The monoisotopic (exact) mass is 225 g/mol. The van der Waals surface area contributed by atoms with Gasteiger partial charge in [-0.2, -0.15) is 0 Å². The van der Waals surface area contributed by atoms with E-state index in [0.29, 0.717) is 6.04 Å². The minimum absolute atomic E-state index is 0.173. The van der Waals surface area contributed by atoms with Gasteiger partial charge in [-0.05, 0) is 52.1 Å². The van der Waals surface area contributed by atoms with Gasteiger partial charge < -0.3 is 16.0 Å². The zero-order valence-corrected chi connectivity index (χ0v) is 10.3. The van der Waals surface area contributed by atoms with Crippen LogP contribution in [0.4, 0.5) is 0 Å². The fraction of sp³-hybridized carbons (Fsp3) is 0.917. The third kappa shape index (κ3) is 2.38. The van der Waals surface area contributed by atoms with Crippen molar-refractivity contribution in [1.29, 1.82) is 0 Å². The van der Waals surface area contributed by atoms with Crippen LogP contribution in [-0.2, 0) is 4.79 Å². The standard InChI is InChI=1S/C12H23N3O/c1-9-7-12(11(13)16,5-6-15(9)2)14-8-10-3-4-10/h9-10,14H,3-8H2,1-2H3,(H2,13,16). The van der Waals surface area contributed by atoms with Crippen molar-refractivity contribution < 1.29 is 4.79 Å². The van der Waals surface area contributed by atoms with Gasteiger partial charge in [0, 0.05) is 12.6 Å². The molecule has 0 aromatic carbocycles. The molecule has 1 amide bonds. The van der Waals surface area contributed by atoms with E-state index in [-0.39, 0.29) is 5.91 Å². The van der Waals surface area contributed by atoms with Gasteiger partial charge in [-0.3, -0.25) is 4.79 Å². The Morgan fingerprint density at radius 2 is 2.25 bits per heavy atom. The van der Waals surface area contributed by atoms with Crippen molar-refractivity contribution >= 4 is 5.91 Å². The highest BCUT2D eigenvalue weighted by Crippen LogP contribution is 2.31. The molecule has 0 bridgehead atoms. The first-order valence-electron chi connectivity index (χ1n) is 6.29. The number of nitrogens with zero attached hydrogens (tertiary/aromatic N) is 1. The number of likely N-dealkylation sites (tertiary alicyclic amines) is 1. The number of carbonyl (C=O) groups excluding carboxylic acids is 1. The summed E-state index contributed by atoms with van der Waals surface area (Å²) < 4.78 is 0. The largest absolute Gasteiger partial charge is 0.368 e. The van der Waals surface area contributed by atoms with Crippen LogP contribution in [0.15, 0.2) is 0 Å². The van der Waals surface area contributed by atoms with Crippen LogP contribution >= 0.6 is 0 Å². The SMILES string of the molecule is CC1CC(NCC2CC2)(C(N)=O)CCN1C. The van der Waals surface area contributed by atoms with E-state index in [2.05, 4.69) is 24.2 Å². The van der Waals surface area contributed by atoms with Crippen LogP contribution in [0.1, 0.15) is 32.6 Å². The summed E-state index contributed by atoms with van der Waals surface area (Å²) in [6, 6.07) is 0.424. The molecule has 1 saturated carbocycles. The number of nitrogens with two attached hydrogens (primary N) is 1. The van der Waals surface area contributed by atoms with E-state index < -0.39 is 5.54 Å². The van der Waals surface area contributed by atoms with Crippen molar-refractivity contribution in [3.8, 4) is 0 Å². The summed E-state index contributed by atoms with van der Waals surface area (Å²) in [6.45, 7) is 4.07. The lowest BCUT2D eigenvalue weighted by atomic mass is 9.83. The van der Waals surface area contributed by atoms with E-state index >= 15 is 0 Å². The fourth-order valence-electron chi connectivity index (χ4n) is 2.48. The molecule has 2 unspecified atom stereocenters. The van der Waals surface area contributed by atoms with Gasteiger partial charge >= 0.3 is 0 Å². The maximum absolute atomic E-state index is 11.7. The molecule has 3 N–H and O–H groups in total. The summed E-state index contributed by atoms with van der Waals surface area (Å²) in [5, 5.41) is 3.45. The summed E-state index contributed by atoms with van der Waals surface area (Å²) in [5.41, 5.74) is 5.15. The Balaban J connectivity index is 1.99. The van der Waals surface area contributed by atoms with Gasteiger partial charge in [-0.25, -0.2) is 0 Å². The Kier molecular flexibility index (Phi) is 3.22. The molecule has 4 heteroatoms. The zero-order chi connectivity index (χ0) is 11.8. The van der Waals surface area contributed by atoms with Gasteiger partial charge in [-0.15, -0.1) is 0 Å². The van der Waals surface area contributed by atoms with E-state index in [0.717, 1.165) is 31.8 Å². The van der Waals surface area contributed by atoms with E-state index in [1.807, 2.05) is 0 Å². The normalized spacial score (nSPS) is 36.2. The van der Waals surface area contributed by atoms with Crippen LogP contribution in [0, 0.1) is 5.92 Å². The summed E-state index contributed by atoms with van der Waals surface area (Å²) in [6.07, 6.45) is 4.29. The van der Waals surface area contributed by atoms with Crippen molar-refractivity contribution in [3.63, 3.8) is 0 Å². The Labute approximate surface area is 97.6 Å². The number of primary amides is 1. The molecular formula is C12H23N3O. The van der Waals surface area contributed by atoms with Crippen LogP contribution in [0.2, 0.25) is 0 Å².